The summed E-state index contributed by atoms with van der Waals surface area (Å²) in [6.07, 6.45) is 9.84. The summed E-state index contributed by atoms with van der Waals surface area (Å²) in [5.41, 5.74) is 0.482. The van der Waals surface area contributed by atoms with Crippen molar-refractivity contribution in [2.75, 3.05) is 0 Å². The third-order valence-electron chi connectivity index (χ3n) is 6.30. The molecule has 4 unspecified atom stereocenters. The first kappa shape index (κ1) is 24.0. The normalized spacial score (nSPS) is 18.0. The summed E-state index contributed by atoms with van der Waals surface area (Å²) >= 11 is 0. The monoisotopic (exact) mass is 338 g/mol. The Morgan fingerprint density at radius 2 is 1.29 bits per heavy atom. The largest absolute Gasteiger partial charge is 0.0651 e. The van der Waals surface area contributed by atoms with Crippen LogP contribution in [0.2, 0.25) is 0 Å². The first-order valence-corrected chi connectivity index (χ1v) is 11.0. The van der Waals surface area contributed by atoms with Crippen molar-refractivity contribution in [2.45, 2.75) is 114 Å². The number of hydrogen-bond donors (Lipinski definition) is 0. The number of rotatable bonds is 12. The average molecular weight is 339 g/mol. The van der Waals surface area contributed by atoms with Gasteiger partial charge in [0, 0.05) is 0 Å². The van der Waals surface area contributed by atoms with E-state index in [2.05, 4.69) is 69.2 Å². The summed E-state index contributed by atoms with van der Waals surface area (Å²) in [5, 5.41) is 0. The van der Waals surface area contributed by atoms with Gasteiger partial charge in [-0.05, 0) is 66.6 Å². The van der Waals surface area contributed by atoms with Gasteiger partial charge >= 0.3 is 0 Å². The third-order valence-corrected chi connectivity index (χ3v) is 6.30. The maximum absolute atomic E-state index is 2.51. The van der Waals surface area contributed by atoms with E-state index in [1.807, 2.05) is 0 Å². The molecule has 0 spiro atoms. The summed E-state index contributed by atoms with van der Waals surface area (Å²) in [6.45, 7) is 24.2. The fraction of sp³-hybridized carbons (Fsp3) is 1.00. The minimum absolute atomic E-state index is 0.482. The molecule has 4 atom stereocenters. The van der Waals surface area contributed by atoms with Gasteiger partial charge in [0.2, 0.25) is 0 Å². The summed E-state index contributed by atoms with van der Waals surface area (Å²) in [7, 11) is 0. The molecule has 0 nitrogen and oxygen atoms in total. The molecule has 0 heterocycles. The molecule has 0 radical (unpaired) electrons. The molecule has 0 aliphatic rings. The zero-order valence-electron chi connectivity index (χ0n) is 18.9. The average Bonchev–Trinajstić information content (AvgIpc) is 2.46. The van der Waals surface area contributed by atoms with Crippen LogP contribution in [-0.4, -0.2) is 0 Å². The van der Waals surface area contributed by atoms with Gasteiger partial charge in [-0.15, -0.1) is 0 Å². The standard InChI is InChI=1S/C24H50/c1-11-22(13-12-18(2)3)17-23(19(4)5)16-21(7)20(6)14-15-24(8,9)10/h18-23H,11-17H2,1-10H3. The SMILES string of the molecule is CCC(CCC(C)C)CC(CC(C)C(C)CCC(C)(C)C)C(C)C. The highest BCUT2D eigenvalue weighted by Crippen LogP contribution is 2.35. The van der Waals surface area contributed by atoms with Crippen molar-refractivity contribution in [3.8, 4) is 0 Å². The van der Waals surface area contributed by atoms with Crippen LogP contribution in [-0.2, 0) is 0 Å². The molecular weight excluding hydrogens is 288 g/mol. The van der Waals surface area contributed by atoms with Crippen LogP contribution in [0, 0.1) is 40.9 Å². The molecule has 0 aliphatic carbocycles. The fourth-order valence-corrected chi connectivity index (χ4v) is 3.78. The first-order chi connectivity index (χ1) is 11.0. The first-order valence-electron chi connectivity index (χ1n) is 11.0. The van der Waals surface area contributed by atoms with Crippen molar-refractivity contribution >= 4 is 0 Å². The molecule has 0 N–H and O–H groups in total. The maximum atomic E-state index is 2.51. The van der Waals surface area contributed by atoms with Crippen LogP contribution in [0.1, 0.15) is 114 Å². The van der Waals surface area contributed by atoms with E-state index in [4.69, 9.17) is 0 Å². The number of hydrogen-bond acceptors (Lipinski definition) is 0. The van der Waals surface area contributed by atoms with Gasteiger partial charge in [-0.3, -0.25) is 0 Å². The van der Waals surface area contributed by atoms with Crippen molar-refractivity contribution in [3.05, 3.63) is 0 Å². The van der Waals surface area contributed by atoms with Gasteiger partial charge in [-0.1, -0.05) is 88.5 Å². The van der Waals surface area contributed by atoms with Gasteiger partial charge in [0.05, 0.1) is 0 Å². The minimum atomic E-state index is 0.482. The molecule has 0 bridgehead atoms. The molecule has 0 aromatic heterocycles. The van der Waals surface area contributed by atoms with Gasteiger partial charge in [-0.2, -0.15) is 0 Å². The Hall–Kier alpha value is 0. The van der Waals surface area contributed by atoms with E-state index in [0.29, 0.717) is 5.41 Å². The second kappa shape index (κ2) is 11.6. The predicted octanol–water partition coefficient (Wildman–Crippen LogP) is 8.60. The van der Waals surface area contributed by atoms with E-state index < -0.39 is 0 Å². The van der Waals surface area contributed by atoms with Gasteiger partial charge in [0.1, 0.15) is 0 Å². The zero-order chi connectivity index (χ0) is 18.9. The van der Waals surface area contributed by atoms with Crippen molar-refractivity contribution in [1.82, 2.24) is 0 Å². The molecule has 0 aliphatic heterocycles. The fourth-order valence-electron chi connectivity index (χ4n) is 3.78. The van der Waals surface area contributed by atoms with E-state index in [0.717, 1.165) is 35.5 Å². The molecule has 0 saturated carbocycles. The lowest BCUT2D eigenvalue weighted by Gasteiger charge is -2.31. The van der Waals surface area contributed by atoms with E-state index >= 15 is 0 Å². The summed E-state index contributed by atoms with van der Waals surface area (Å²) in [5.74, 6) is 5.26. The summed E-state index contributed by atoms with van der Waals surface area (Å²) < 4.78 is 0. The highest BCUT2D eigenvalue weighted by molar-refractivity contribution is 4.75. The van der Waals surface area contributed by atoms with Crippen molar-refractivity contribution in [3.63, 3.8) is 0 Å². The van der Waals surface area contributed by atoms with E-state index in [-0.39, 0.29) is 0 Å². The van der Waals surface area contributed by atoms with Crippen molar-refractivity contribution < 1.29 is 0 Å². The van der Waals surface area contributed by atoms with Crippen LogP contribution in [0.3, 0.4) is 0 Å². The van der Waals surface area contributed by atoms with Gasteiger partial charge in [0.15, 0.2) is 0 Å². The smallest absolute Gasteiger partial charge is 0.0383 e. The van der Waals surface area contributed by atoms with E-state index in [1.54, 1.807) is 0 Å². The minimum Gasteiger partial charge on any atom is -0.0651 e. The highest BCUT2D eigenvalue weighted by Gasteiger charge is 2.24. The molecule has 0 rings (SSSR count). The van der Waals surface area contributed by atoms with Gasteiger partial charge in [-0.25, -0.2) is 0 Å². The Bertz CT molecular complexity index is 294. The van der Waals surface area contributed by atoms with E-state index in [9.17, 15) is 0 Å². The molecule has 146 valence electrons. The maximum Gasteiger partial charge on any atom is -0.0383 e. The highest BCUT2D eigenvalue weighted by atomic mass is 14.3. The Kier molecular flexibility index (Phi) is 11.6. The lowest BCUT2D eigenvalue weighted by Crippen LogP contribution is -2.21. The Morgan fingerprint density at radius 1 is 0.708 bits per heavy atom. The van der Waals surface area contributed by atoms with Crippen molar-refractivity contribution in [2.24, 2.45) is 40.9 Å². The second-order valence-corrected chi connectivity index (χ2v) is 10.8. The van der Waals surface area contributed by atoms with Gasteiger partial charge < -0.3 is 0 Å². The van der Waals surface area contributed by atoms with Gasteiger partial charge in [0.25, 0.3) is 0 Å². The topological polar surface area (TPSA) is 0 Å². The molecule has 0 aromatic carbocycles. The van der Waals surface area contributed by atoms with E-state index in [1.165, 1.54) is 44.9 Å². The Labute approximate surface area is 155 Å². The second-order valence-electron chi connectivity index (χ2n) is 10.8. The molecule has 0 heteroatoms. The molecule has 24 heavy (non-hydrogen) atoms. The van der Waals surface area contributed by atoms with Crippen LogP contribution in [0.4, 0.5) is 0 Å². The molecule has 0 amide bonds. The lowest BCUT2D eigenvalue weighted by molar-refractivity contribution is 0.194. The van der Waals surface area contributed by atoms with Crippen LogP contribution < -0.4 is 0 Å². The summed E-state index contributed by atoms with van der Waals surface area (Å²) in [4.78, 5) is 0. The molecule has 0 saturated heterocycles. The van der Waals surface area contributed by atoms with Crippen LogP contribution >= 0.6 is 0 Å². The Morgan fingerprint density at radius 3 is 1.71 bits per heavy atom. The predicted molar refractivity (Wildman–Crippen MR) is 112 cm³/mol. The quantitative estimate of drug-likeness (QED) is 0.334. The molecule has 0 fully saturated rings. The zero-order valence-corrected chi connectivity index (χ0v) is 18.9. The summed E-state index contributed by atoms with van der Waals surface area (Å²) in [6, 6.07) is 0. The van der Waals surface area contributed by atoms with Crippen LogP contribution in [0.5, 0.6) is 0 Å². The third kappa shape index (κ3) is 11.5. The Balaban J connectivity index is 4.54. The molecular formula is C24H50. The van der Waals surface area contributed by atoms with Crippen LogP contribution in [0.15, 0.2) is 0 Å². The molecule has 0 aromatic rings. The lowest BCUT2D eigenvalue weighted by atomic mass is 9.74. The van der Waals surface area contributed by atoms with Crippen LogP contribution in [0.25, 0.3) is 0 Å². The van der Waals surface area contributed by atoms with Crippen molar-refractivity contribution in [1.29, 1.82) is 0 Å².